The summed E-state index contributed by atoms with van der Waals surface area (Å²) >= 11 is 0. The number of aromatic nitrogens is 3. The minimum Gasteiger partial charge on any atom is -0.494 e. The molecule has 0 bridgehead atoms. The fraction of sp³-hybridized carbons (Fsp3) is 0.429. The minimum atomic E-state index is 0.596. The molecule has 4 rings (SSSR count). The van der Waals surface area contributed by atoms with Crippen LogP contribution in [0.2, 0.25) is 0 Å². The van der Waals surface area contributed by atoms with E-state index in [-0.39, 0.29) is 0 Å². The zero-order valence-electron chi connectivity index (χ0n) is 16.0. The van der Waals surface area contributed by atoms with Gasteiger partial charge in [-0.2, -0.15) is 4.98 Å². The lowest BCUT2D eigenvalue weighted by molar-refractivity contribution is 0.249. The van der Waals surface area contributed by atoms with E-state index in [2.05, 4.69) is 38.1 Å². The van der Waals surface area contributed by atoms with E-state index in [9.17, 15) is 0 Å². The van der Waals surface area contributed by atoms with Gasteiger partial charge in [0.1, 0.15) is 11.6 Å². The van der Waals surface area contributed by atoms with Gasteiger partial charge in [-0.25, -0.2) is 4.98 Å². The van der Waals surface area contributed by atoms with Gasteiger partial charge < -0.3 is 14.5 Å². The maximum atomic E-state index is 5.65. The SMILES string of the molecule is CCOc1ccc2c(c1)CN(CCCc1nc3nc(OC)ccc3[nH]1)CC2. The Morgan fingerprint density at radius 3 is 2.93 bits per heavy atom. The van der Waals surface area contributed by atoms with Crippen molar-refractivity contribution < 1.29 is 9.47 Å². The molecule has 6 nitrogen and oxygen atoms in total. The van der Waals surface area contributed by atoms with Crippen LogP contribution < -0.4 is 9.47 Å². The highest BCUT2D eigenvalue weighted by Gasteiger charge is 2.16. The van der Waals surface area contributed by atoms with Crippen LogP contribution in [0, 0.1) is 0 Å². The predicted octanol–water partition coefficient (Wildman–Crippen LogP) is 3.36. The third-order valence-corrected chi connectivity index (χ3v) is 5.05. The molecule has 3 aromatic rings. The maximum absolute atomic E-state index is 5.65. The number of pyridine rings is 1. The summed E-state index contributed by atoms with van der Waals surface area (Å²) in [4.78, 5) is 14.8. The van der Waals surface area contributed by atoms with Gasteiger partial charge in [0.25, 0.3) is 0 Å². The average molecular weight is 366 g/mol. The molecule has 0 saturated carbocycles. The smallest absolute Gasteiger partial charge is 0.215 e. The van der Waals surface area contributed by atoms with E-state index in [1.807, 2.05) is 19.1 Å². The maximum Gasteiger partial charge on any atom is 0.215 e. The second kappa shape index (κ2) is 7.96. The Kier molecular flexibility index (Phi) is 5.25. The molecule has 0 aliphatic carbocycles. The number of H-pyrrole nitrogens is 1. The Balaban J connectivity index is 1.34. The first-order chi connectivity index (χ1) is 13.2. The van der Waals surface area contributed by atoms with Crippen LogP contribution in [0.3, 0.4) is 0 Å². The third kappa shape index (κ3) is 4.06. The van der Waals surface area contributed by atoms with Gasteiger partial charge in [-0.05, 0) is 55.6 Å². The highest BCUT2D eigenvalue weighted by molar-refractivity contribution is 5.71. The van der Waals surface area contributed by atoms with Gasteiger partial charge >= 0.3 is 0 Å². The zero-order chi connectivity index (χ0) is 18.6. The average Bonchev–Trinajstić information content (AvgIpc) is 3.09. The number of aromatic amines is 1. The van der Waals surface area contributed by atoms with E-state index < -0.39 is 0 Å². The molecule has 0 amide bonds. The van der Waals surface area contributed by atoms with Gasteiger partial charge in [-0.1, -0.05) is 6.07 Å². The second-order valence-corrected chi connectivity index (χ2v) is 6.90. The Morgan fingerprint density at radius 2 is 2.07 bits per heavy atom. The highest BCUT2D eigenvalue weighted by atomic mass is 16.5. The lowest BCUT2D eigenvalue weighted by Crippen LogP contribution is -2.31. The molecule has 0 radical (unpaired) electrons. The summed E-state index contributed by atoms with van der Waals surface area (Å²) < 4.78 is 10.8. The first-order valence-corrected chi connectivity index (χ1v) is 9.61. The third-order valence-electron chi connectivity index (χ3n) is 5.05. The fourth-order valence-corrected chi connectivity index (χ4v) is 3.67. The number of methoxy groups -OCH3 is 1. The molecule has 0 fully saturated rings. The van der Waals surface area contributed by atoms with Crippen molar-refractivity contribution in [1.82, 2.24) is 19.9 Å². The van der Waals surface area contributed by atoms with Crippen molar-refractivity contribution in [3.8, 4) is 11.6 Å². The van der Waals surface area contributed by atoms with Crippen LogP contribution in [0.15, 0.2) is 30.3 Å². The highest BCUT2D eigenvalue weighted by Crippen LogP contribution is 2.24. The van der Waals surface area contributed by atoms with Crippen LogP contribution >= 0.6 is 0 Å². The zero-order valence-corrected chi connectivity index (χ0v) is 16.0. The van der Waals surface area contributed by atoms with Crippen molar-refractivity contribution in [2.24, 2.45) is 0 Å². The van der Waals surface area contributed by atoms with Gasteiger partial charge in [0.05, 0.1) is 19.2 Å². The number of imidazole rings is 1. The molecular formula is C21H26N4O2. The molecule has 0 saturated heterocycles. The molecule has 0 spiro atoms. The van der Waals surface area contributed by atoms with Crippen LogP contribution in [0.1, 0.15) is 30.3 Å². The lowest BCUT2D eigenvalue weighted by atomic mass is 9.99. The largest absolute Gasteiger partial charge is 0.494 e. The lowest BCUT2D eigenvalue weighted by Gasteiger charge is -2.29. The first kappa shape index (κ1) is 17.8. The molecule has 27 heavy (non-hydrogen) atoms. The Morgan fingerprint density at radius 1 is 1.15 bits per heavy atom. The molecule has 0 unspecified atom stereocenters. The van der Waals surface area contributed by atoms with Crippen LogP contribution in [0.25, 0.3) is 11.2 Å². The van der Waals surface area contributed by atoms with Crippen molar-refractivity contribution in [3.63, 3.8) is 0 Å². The summed E-state index contributed by atoms with van der Waals surface area (Å²) in [5, 5.41) is 0. The summed E-state index contributed by atoms with van der Waals surface area (Å²) in [6.07, 6.45) is 3.09. The molecule has 1 N–H and O–H groups in total. The molecular weight excluding hydrogens is 340 g/mol. The monoisotopic (exact) mass is 366 g/mol. The van der Waals surface area contributed by atoms with E-state index in [1.165, 1.54) is 11.1 Å². The van der Waals surface area contributed by atoms with Gasteiger partial charge in [0.2, 0.25) is 5.88 Å². The van der Waals surface area contributed by atoms with Gasteiger partial charge in [0, 0.05) is 25.6 Å². The van der Waals surface area contributed by atoms with E-state index in [1.54, 1.807) is 7.11 Å². The van der Waals surface area contributed by atoms with Crippen LogP contribution in [0.5, 0.6) is 11.6 Å². The number of benzene rings is 1. The predicted molar refractivity (Wildman–Crippen MR) is 105 cm³/mol. The second-order valence-electron chi connectivity index (χ2n) is 6.90. The van der Waals surface area contributed by atoms with Crippen LogP contribution in [0.4, 0.5) is 0 Å². The molecule has 2 aromatic heterocycles. The van der Waals surface area contributed by atoms with Crippen LogP contribution in [-0.2, 0) is 19.4 Å². The quantitative estimate of drug-likeness (QED) is 0.695. The molecule has 1 aromatic carbocycles. The van der Waals surface area contributed by atoms with Crippen molar-refractivity contribution >= 4 is 11.2 Å². The number of fused-ring (bicyclic) bond motifs is 2. The van der Waals surface area contributed by atoms with Crippen molar-refractivity contribution in [1.29, 1.82) is 0 Å². The van der Waals surface area contributed by atoms with E-state index in [0.29, 0.717) is 12.5 Å². The fourth-order valence-electron chi connectivity index (χ4n) is 3.67. The molecule has 0 atom stereocenters. The Hall–Kier alpha value is -2.60. The first-order valence-electron chi connectivity index (χ1n) is 9.61. The number of hydrogen-bond donors (Lipinski definition) is 1. The molecule has 1 aliphatic rings. The van der Waals surface area contributed by atoms with E-state index >= 15 is 0 Å². The molecule has 1 aliphatic heterocycles. The number of ether oxygens (including phenoxy) is 2. The van der Waals surface area contributed by atoms with Crippen molar-refractivity contribution in [2.75, 3.05) is 26.8 Å². The topological polar surface area (TPSA) is 63.3 Å². The van der Waals surface area contributed by atoms with Crippen LogP contribution in [-0.4, -0.2) is 46.7 Å². The van der Waals surface area contributed by atoms with Crippen molar-refractivity contribution in [2.45, 2.75) is 32.7 Å². The number of hydrogen-bond acceptors (Lipinski definition) is 5. The number of rotatable bonds is 7. The molecule has 142 valence electrons. The van der Waals surface area contributed by atoms with Gasteiger partial charge in [0.15, 0.2) is 5.65 Å². The van der Waals surface area contributed by atoms with Gasteiger partial charge in [-0.15, -0.1) is 0 Å². The van der Waals surface area contributed by atoms with E-state index in [4.69, 9.17) is 9.47 Å². The molecule has 3 heterocycles. The van der Waals surface area contributed by atoms with Gasteiger partial charge in [-0.3, -0.25) is 4.90 Å². The number of aryl methyl sites for hydroxylation is 1. The van der Waals surface area contributed by atoms with Crippen molar-refractivity contribution in [3.05, 3.63) is 47.3 Å². The Labute approximate surface area is 159 Å². The van der Waals surface area contributed by atoms with E-state index in [0.717, 1.165) is 61.6 Å². The standard InChI is InChI=1S/C21H26N4O2/c1-3-27-17-7-6-15-10-12-25(14-16(15)13-17)11-4-5-19-22-18-8-9-20(26-2)24-21(18)23-19/h6-9,13H,3-5,10-12,14H2,1-2H3,(H,22,23,24). The Bertz CT molecular complexity index is 922. The summed E-state index contributed by atoms with van der Waals surface area (Å²) in [6, 6.07) is 10.3. The number of nitrogens with one attached hydrogen (secondary N) is 1. The molecule has 6 heteroatoms. The summed E-state index contributed by atoms with van der Waals surface area (Å²) in [6.45, 7) is 5.90. The normalized spacial score (nSPS) is 14.3. The number of nitrogens with zero attached hydrogens (tertiary/aromatic N) is 3. The summed E-state index contributed by atoms with van der Waals surface area (Å²) in [7, 11) is 1.62. The minimum absolute atomic E-state index is 0.596. The summed E-state index contributed by atoms with van der Waals surface area (Å²) in [5.41, 5.74) is 4.53. The summed E-state index contributed by atoms with van der Waals surface area (Å²) in [5.74, 6) is 2.56.